The van der Waals surface area contributed by atoms with E-state index in [2.05, 4.69) is 65.6 Å². The second-order valence-electron chi connectivity index (χ2n) is 10.6. The quantitative estimate of drug-likeness (QED) is 0.483. The number of rotatable bonds is 2. The Morgan fingerprint density at radius 2 is 1.65 bits per heavy atom. The van der Waals surface area contributed by atoms with E-state index in [1.807, 2.05) is 12.2 Å². The average molecular weight is 447 g/mol. The number of benzene rings is 2. The van der Waals surface area contributed by atoms with Gasteiger partial charge in [0.1, 0.15) is 5.66 Å². The molecule has 2 aliphatic heterocycles. The molecule has 2 aromatic rings. The van der Waals surface area contributed by atoms with E-state index in [-0.39, 0.29) is 11.4 Å². The molecule has 170 valence electrons. The van der Waals surface area contributed by atoms with Crippen LogP contribution >= 0.6 is 0 Å². The van der Waals surface area contributed by atoms with Gasteiger partial charge in [-0.15, -0.1) is 0 Å². The van der Waals surface area contributed by atoms with Crippen LogP contribution in [0.5, 0.6) is 0 Å². The molecule has 3 heteroatoms. The number of fused-ring (bicyclic) bond motifs is 3. The van der Waals surface area contributed by atoms with Gasteiger partial charge in [0.25, 0.3) is 0 Å². The Morgan fingerprint density at radius 1 is 0.882 bits per heavy atom. The van der Waals surface area contributed by atoms with Crippen molar-refractivity contribution < 1.29 is 4.79 Å². The van der Waals surface area contributed by atoms with Crippen molar-refractivity contribution in [3.63, 3.8) is 0 Å². The van der Waals surface area contributed by atoms with Crippen LogP contribution in [0.3, 0.4) is 0 Å². The third-order valence-electron chi connectivity index (χ3n) is 8.85. The second kappa shape index (κ2) is 7.66. The molecule has 34 heavy (non-hydrogen) atoms. The smallest absolute Gasteiger partial charge is 0.180 e. The van der Waals surface area contributed by atoms with Crippen molar-refractivity contribution in [1.82, 2.24) is 4.90 Å². The molecule has 5 aliphatic rings. The SMILES string of the molecule is O=C1C=CC2=NC34CCCCC3CC3=C(CC(c5ccccc5)CC3c3ccccc3)N4C2=C1. The van der Waals surface area contributed by atoms with Crippen molar-refractivity contribution >= 4 is 11.5 Å². The molecule has 0 amide bonds. The largest absolute Gasteiger partial charge is 0.318 e. The standard InChI is InChI=1S/C31H30N2O/c34-25-14-15-28-30(20-25)33-29-18-23(21-9-3-1-4-10-21)17-26(22-11-5-2-6-12-22)27(29)19-24-13-7-8-16-31(24,33)32-28/h1-6,9-12,14-15,20,23-24,26H,7-8,13,16-19H2. The topological polar surface area (TPSA) is 32.7 Å². The van der Waals surface area contributed by atoms with Gasteiger partial charge in [0, 0.05) is 23.6 Å². The lowest BCUT2D eigenvalue weighted by Crippen LogP contribution is -2.54. The number of carbonyl (C=O) groups is 1. The molecular weight excluding hydrogens is 416 g/mol. The zero-order valence-electron chi connectivity index (χ0n) is 19.5. The predicted octanol–water partition coefficient (Wildman–Crippen LogP) is 6.67. The van der Waals surface area contributed by atoms with Crippen molar-refractivity contribution in [3.05, 3.63) is 107 Å². The maximum absolute atomic E-state index is 12.5. The Hall–Kier alpha value is -3.20. The zero-order chi connectivity index (χ0) is 22.7. The Morgan fingerprint density at radius 3 is 2.44 bits per heavy atom. The highest BCUT2D eigenvalue weighted by atomic mass is 16.1. The van der Waals surface area contributed by atoms with E-state index in [0.29, 0.717) is 17.8 Å². The van der Waals surface area contributed by atoms with Crippen molar-refractivity contribution in [2.75, 3.05) is 0 Å². The summed E-state index contributed by atoms with van der Waals surface area (Å²) in [5.41, 5.74) is 7.75. The van der Waals surface area contributed by atoms with E-state index < -0.39 is 0 Å². The summed E-state index contributed by atoms with van der Waals surface area (Å²) in [5.74, 6) is 1.47. The summed E-state index contributed by atoms with van der Waals surface area (Å²) >= 11 is 0. The van der Waals surface area contributed by atoms with Crippen LogP contribution in [0.25, 0.3) is 0 Å². The Bertz CT molecular complexity index is 1270. The Kier molecular flexibility index (Phi) is 4.55. The maximum Gasteiger partial charge on any atom is 0.180 e. The Labute approximate surface area is 201 Å². The van der Waals surface area contributed by atoms with Crippen molar-refractivity contribution in [2.45, 2.75) is 62.4 Å². The van der Waals surface area contributed by atoms with E-state index in [0.717, 1.165) is 37.1 Å². The molecule has 0 radical (unpaired) electrons. The highest BCUT2D eigenvalue weighted by molar-refractivity contribution is 6.20. The van der Waals surface area contributed by atoms with Gasteiger partial charge in [-0.1, -0.05) is 67.1 Å². The van der Waals surface area contributed by atoms with Crippen molar-refractivity contribution in [1.29, 1.82) is 0 Å². The molecule has 2 aromatic carbocycles. The summed E-state index contributed by atoms with van der Waals surface area (Å²) in [4.78, 5) is 20.5. The molecule has 1 spiro atoms. The first-order valence-corrected chi connectivity index (χ1v) is 12.9. The van der Waals surface area contributed by atoms with Gasteiger partial charge in [0.05, 0.1) is 11.4 Å². The van der Waals surface area contributed by atoms with Crippen molar-refractivity contribution in [3.8, 4) is 0 Å². The van der Waals surface area contributed by atoms with E-state index in [9.17, 15) is 4.79 Å². The minimum Gasteiger partial charge on any atom is -0.318 e. The van der Waals surface area contributed by atoms with Crippen LogP contribution in [0.15, 0.2) is 101 Å². The van der Waals surface area contributed by atoms with Gasteiger partial charge in [-0.2, -0.15) is 0 Å². The molecule has 0 bridgehead atoms. The lowest BCUT2D eigenvalue weighted by Gasteiger charge is -2.54. The average Bonchev–Trinajstić information content (AvgIpc) is 3.21. The van der Waals surface area contributed by atoms with E-state index >= 15 is 0 Å². The first-order chi connectivity index (χ1) is 16.7. The number of hydrogen-bond donors (Lipinski definition) is 0. The number of allylic oxidation sites excluding steroid dienone is 5. The van der Waals surface area contributed by atoms with Gasteiger partial charge >= 0.3 is 0 Å². The summed E-state index contributed by atoms with van der Waals surface area (Å²) in [6.45, 7) is 0. The van der Waals surface area contributed by atoms with E-state index in [1.54, 1.807) is 11.6 Å². The molecule has 2 heterocycles. The molecule has 0 aromatic heterocycles. The molecule has 0 saturated heterocycles. The third-order valence-corrected chi connectivity index (χ3v) is 8.85. The summed E-state index contributed by atoms with van der Waals surface area (Å²) in [5, 5.41) is 0. The van der Waals surface area contributed by atoms with E-state index in [4.69, 9.17) is 4.99 Å². The van der Waals surface area contributed by atoms with Crippen LogP contribution in [0, 0.1) is 5.92 Å². The highest BCUT2D eigenvalue weighted by Gasteiger charge is 2.56. The van der Waals surface area contributed by atoms with Crippen LogP contribution in [0.4, 0.5) is 0 Å². The number of hydrogen-bond acceptors (Lipinski definition) is 3. The lowest BCUT2D eigenvalue weighted by atomic mass is 9.64. The van der Waals surface area contributed by atoms with Crippen LogP contribution in [-0.4, -0.2) is 22.1 Å². The van der Waals surface area contributed by atoms with Crippen LogP contribution in [0.1, 0.15) is 67.9 Å². The molecule has 1 saturated carbocycles. The minimum atomic E-state index is -0.201. The predicted molar refractivity (Wildman–Crippen MR) is 135 cm³/mol. The van der Waals surface area contributed by atoms with Crippen LogP contribution < -0.4 is 0 Å². The number of ketones is 1. The molecule has 3 nitrogen and oxygen atoms in total. The first-order valence-electron chi connectivity index (χ1n) is 12.9. The fraction of sp³-hybridized carbons (Fsp3) is 0.355. The zero-order valence-corrected chi connectivity index (χ0v) is 19.5. The third kappa shape index (κ3) is 2.95. The fourth-order valence-electron chi connectivity index (χ4n) is 7.38. The molecule has 4 unspecified atom stereocenters. The minimum absolute atomic E-state index is 0.0844. The number of carbonyl (C=O) groups excluding carboxylic acids is 1. The second-order valence-corrected chi connectivity index (χ2v) is 10.6. The number of nitrogens with zero attached hydrogens (tertiary/aromatic N) is 2. The van der Waals surface area contributed by atoms with Crippen molar-refractivity contribution in [2.24, 2.45) is 10.9 Å². The van der Waals surface area contributed by atoms with Gasteiger partial charge in [0.15, 0.2) is 5.78 Å². The molecule has 4 atom stereocenters. The normalized spacial score (nSPS) is 31.8. The van der Waals surface area contributed by atoms with Gasteiger partial charge in [-0.05, 0) is 73.3 Å². The first kappa shape index (κ1) is 20.2. The number of aliphatic imine (C=N–C) groups is 1. The summed E-state index contributed by atoms with van der Waals surface area (Å²) in [6.07, 6.45) is 13.6. The summed E-state index contributed by atoms with van der Waals surface area (Å²) < 4.78 is 0. The highest BCUT2D eigenvalue weighted by Crippen LogP contribution is 2.59. The monoisotopic (exact) mass is 446 g/mol. The maximum atomic E-state index is 12.5. The van der Waals surface area contributed by atoms with Gasteiger partial charge < -0.3 is 4.90 Å². The molecule has 7 rings (SSSR count). The van der Waals surface area contributed by atoms with E-state index in [1.165, 1.54) is 36.1 Å². The van der Waals surface area contributed by atoms with Crippen LogP contribution in [-0.2, 0) is 4.79 Å². The molecule has 0 N–H and O–H groups in total. The summed E-state index contributed by atoms with van der Waals surface area (Å²) in [6, 6.07) is 22.1. The van der Waals surface area contributed by atoms with Gasteiger partial charge in [0.2, 0.25) is 0 Å². The molecule has 3 aliphatic carbocycles. The lowest BCUT2D eigenvalue weighted by molar-refractivity contribution is -0.110. The van der Waals surface area contributed by atoms with Crippen LogP contribution in [0.2, 0.25) is 0 Å². The molecule has 1 fully saturated rings. The fourth-order valence-corrected chi connectivity index (χ4v) is 7.38. The van der Waals surface area contributed by atoms with Gasteiger partial charge in [-0.3, -0.25) is 9.79 Å². The Balaban J connectivity index is 1.42. The van der Waals surface area contributed by atoms with Gasteiger partial charge in [-0.25, -0.2) is 0 Å². The molecular formula is C31H30N2O. The summed E-state index contributed by atoms with van der Waals surface area (Å²) in [7, 11) is 0.